The average Bonchev–Trinajstić information content (AvgIpc) is 2.80. The van der Waals surface area contributed by atoms with Crippen molar-refractivity contribution in [1.82, 2.24) is 9.97 Å². The Morgan fingerprint density at radius 3 is 2.74 bits per heavy atom. The van der Waals surface area contributed by atoms with Crippen molar-refractivity contribution >= 4 is 33.1 Å². The predicted octanol–water partition coefficient (Wildman–Crippen LogP) is 3.56. The van der Waals surface area contributed by atoms with Crippen molar-refractivity contribution in [3.63, 3.8) is 0 Å². The molecule has 2 heterocycles. The molecular weight excluding hydrogens is 312 g/mol. The number of nitrogens with zero attached hydrogens (tertiary/aromatic N) is 3. The van der Waals surface area contributed by atoms with Crippen molar-refractivity contribution in [3.8, 4) is 11.5 Å². The molecule has 0 aliphatic carbocycles. The Bertz CT molecular complexity index is 918. The average molecular weight is 328 g/mol. The number of hydrazone groups is 1. The van der Waals surface area contributed by atoms with Crippen LogP contribution in [0.25, 0.3) is 10.2 Å². The molecule has 6 nitrogen and oxygen atoms in total. The molecule has 1 aromatic carbocycles. The van der Waals surface area contributed by atoms with Crippen LogP contribution in [0.5, 0.6) is 11.5 Å². The number of aromatic hydroxyl groups is 2. The van der Waals surface area contributed by atoms with E-state index in [1.54, 1.807) is 24.3 Å². The summed E-state index contributed by atoms with van der Waals surface area (Å²) in [6, 6.07) is 4.40. The minimum absolute atomic E-state index is 0.00823. The van der Waals surface area contributed by atoms with Crippen LogP contribution in [-0.4, -0.2) is 25.9 Å². The van der Waals surface area contributed by atoms with Crippen LogP contribution < -0.4 is 5.43 Å². The standard InChI is InChI=1S/C16H16N4O2S/c1-8-10(3)23-16-14(8)15(17-7-18-16)20-19-9(2)12-5-4-11(21)6-13(12)22/h4-7,21-22H,1-3H3,(H,17,18,20)/b19-9+. The summed E-state index contributed by atoms with van der Waals surface area (Å²) in [5.41, 5.74) is 5.21. The zero-order chi connectivity index (χ0) is 16.6. The Morgan fingerprint density at radius 1 is 1.22 bits per heavy atom. The van der Waals surface area contributed by atoms with E-state index in [9.17, 15) is 10.2 Å². The molecule has 3 aromatic rings. The van der Waals surface area contributed by atoms with E-state index in [0.29, 0.717) is 17.1 Å². The van der Waals surface area contributed by atoms with Crippen LogP contribution in [0.3, 0.4) is 0 Å². The number of nitrogens with one attached hydrogen (secondary N) is 1. The fourth-order valence-corrected chi connectivity index (χ4v) is 3.29. The van der Waals surface area contributed by atoms with Gasteiger partial charge in [-0.05, 0) is 38.5 Å². The van der Waals surface area contributed by atoms with E-state index in [-0.39, 0.29) is 11.5 Å². The number of hydrogen-bond acceptors (Lipinski definition) is 7. The molecule has 0 bridgehead atoms. The first-order valence-corrected chi connectivity index (χ1v) is 7.82. The quantitative estimate of drug-likeness (QED) is 0.505. The van der Waals surface area contributed by atoms with E-state index in [2.05, 4.69) is 27.4 Å². The lowest BCUT2D eigenvalue weighted by Crippen LogP contribution is -2.02. The Morgan fingerprint density at radius 2 is 2.00 bits per heavy atom. The normalized spacial score (nSPS) is 11.9. The lowest BCUT2D eigenvalue weighted by atomic mass is 10.1. The summed E-state index contributed by atoms with van der Waals surface area (Å²) in [5, 5.41) is 24.5. The zero-order valence-electron chi connectivity index (χ0n) is 13.0. The molecule has 3 N–H and O–H groups in total. The lowest BCUT2D eigenvalue weighted by Gasteiger charge is -2.06. The molecule has 23 heavy (non-hydrogen) atoms. The number of rotatable bonds is 3. The van der Waals surface area contributed by atoms with Gasteiger partial charge in [0.25, 0.3) is 0 Å². The van der Waals surface area contributed by atoms with E-state index < -0.39 is 0 Å². The number of hydrogen-bond donors (Lipinski definition) is 3. The predicted molar refractivity (Wildman–Crippen MR) is 92.5 cm³/mol. The molecule has 0 aliphatic heterocycles. The second kappa shape index (κ2) is 5.85. The molecule has 0 unspecified atom stereocenters. The molecule has 7 heteroatoms. The van der Waals surface area contributed by atoms with E-state index in [0.717, 1.165) is 15.8 Å². The van der Waals surface area contributed by atoms with Crippen molar-refractivity contribution < 1.29 is 10.2 Å². The molecule has 0 fully saturated rings. The van der Waals surface area contributed by atoms with Gasteiger partial charge in [-0.25, -0.2) is 9.97 Å². The number of aryl methyl sites for hydroxylation is 2. The Hall–Kier alpha value is -2.67. The first-order chi connectivity index (χ1) is 11.0. The molecular formula is C16H16N4O2S. The summed E-state index contributed by atoms with van der Waals surface area (Å²) in [6.45, 7) is 5.85. The van der Waals surface area contributed by atoms with Gasteiger partial charge in [0.1, 0.15) is 22.7 Å². The number of aromatic nitrogens is 2. The van der Waals surface area contributed by atoms with Crippen molar-refractivity contribution in [2.45, 2.75) is 20.8 Å². The van der Waals surface area contributed by atoms with Crippen LogP contribution in [0.1, 0.15) is 22.9 Å². The van der Waals surface area contributed by atoms with Gasteiger partial charge in [-0.2, -0.15) is 5.10 Å². The van der Waals surface area contributed by atoms with Crippen LogP contribution in [0.2, 0.25) is 0 Å². The molecule has 3 rings (SSSR count). The number of phenols is 2. The number of thiophene rings is 1. The van der Waals surface area contributed by atoms with E-state index in [4.69, 9.17) is 0 Å². The van der Waals surface area contributed by atoms with Gasteiger partial charge < -0.3 is 10.2 Å². The van der Waals surface area contributed by atoms with E-state index in [1.807, 2.05) is 6.92 Å². The van der Waals surface area contributed by atoms with Crippen LogP contribution in [0, 0.1) is 13.8 Å². The second-order valence-corrected chi connectivity index (χ2v) is 6.40. The van der Waals surface area contributed by atoms with Crippen molar-refractivity contribution in [3.05, 3.63) is 40.5 Å². The summed E-state index contributed by atoms with van der Waals surface area (Å²) in [4.78, 5) is 10.7. The van der Waals surface area contributed by atoms with Crippen molar-refractivity contribution in [2.24, 2.45) is 5.10 Å². The molecule has 0 amide bonds. The highest BCUT2D eigenvalue weighted by atomic mass is 32.1. The fraction of sp³-hybridized carbons (Fsp3) is 0.188. The first-order valence-electron chi connectivity index (χ1n) is 7.00. The topological polar surface area (TPSA) is 90.6 Å². The summed E-state index contributed by atoms with van der Waals surface area (Å²) in [6.07, 6.45) is 1.50. The van der Waals surface area contributed by atoms with Gasteiger partial charge in [0, 0.05) is 16.5 Å². The summed E-state index contributed by atoms with van der Waals surface area (Å²) in [7, 11) is 0. The zero-order valence-corrected chi connectivity index (χ0v) is 13.8. The largest absolute Gasteiger partial charge is 0.508 e. The highest BCUT2D eigenvalue weighted by Gasteiger charge is 2.12. The van der Waals surface area contributed by atoms with Gasteiger partial charge in [0.15, 0.2) is 5.82 Å². The maximum Gasteiger partial charge on any atom is 0.158 e. The summed E-state index contributed by atoms with van der Waals surface area (Å²) in [5.74, 6) is 0.617. The number of anilines is 1. The van der Waals surface area contributed by atoms with Crippen LogP contribution >= 0.6 is 11.3 Å². The molecule has 118 valence electrons. The van der Waals surface area contributed by atoms with Gasteiger partial charge >= 0.3 is 0 Å². The first kappa shape index (κ1) is 15.2. The molecule has 0 saturated carbocycles. The number of fused-ring (bicyclic) bond motifs is 1. The van der Waals surface area contributed by atoms with E-state index >= 15 is 0 Å². The van der Waals surface area contributed by atoms with Crippen molar-refractivity contribution in [1.29, 1.82) is 0 Å². The molecule has 0 atom stereocenters. The second-order valence-electron chi connectivity index (χ2n) is 5.20. The molecule has 0 aliphatic rings. The van der Waals surface area contributed by atoms with Gasteiger partial charge in [-0.1, -0.05) is 0 Å². The maximum absolute atomic E-state index is 9.89. The minimum Gasteiger partial charge on any atom is -0.508 e. The highest BCUT2D eigenvalue weighted by Crippen LogP contribution is 2.32. The third kappa shape index (κ3) is 2.83. The van der Waals surface area contributed by atoms with Gasteiger partial charge in [-0.15, -0.1) is 11.3 Å². The Balaban J connectivity index is 1.96. The van der Waals surface area contributed by atoms with Crippen LogP contribution in [-0.2, 0) is 0 Å². The Kier molecular flexibility index (Phi) is 3.87. The monoisotopic (exact) mass is 328 g/mol. The third-order valence-corrected chi connectivity index (χ3v) is 4.78. The molecule has 0 spiro atoms. The van der Waals surface area contributed by atoms with Gasteiger partial charge in [0.05, 0.1) is 11.1 Å². The summed E-state index contributed by atoms with van der Waals surface area (Å²) >= 11 is 1.62. The van der Waals surface area contributed by atoms with E-state index in [1.165, 1.54) is 23.3 Å². The molecule has 2 aromatic heterocycles. The van der Waals surface area contributed by atoms with Crippen LogP contribution in [0.4, 0.5) is 5.82 Å². The SMILES string of the molecule is C/C(=N\Nc1ncnc2sc(C)c(C)c12)c1ccc(O)cc1O. The van der Waals surface area contributed by atoms with Gasteiger partial charge in [-0.3, -0.25) is 5.43 Å². The Labute approximate surface area is 137 Å². The smallest absolute Gasteiger partial charge is 0.158 e. The summed E-state index contributed by atoms with van der Waals surface area (Å²) < 4.78 is 0. The van der Waals surface area contributed by atoms with Gasteiger partial charge in [0.2, 0.25) is 0 Å². The fourth-order valence-electron chi connectivity index (χ4n) is 2.29. The number of benzene rings is 1. The van der Waals surface area contributed by atoms with Crippen molar-refractivity contribution in [2.75, 3.05) is 5.43 Å². The minimum atomic E-state index is -0.0246. The maximum atomic E-state index is 9.89. The molecule has 0 radical (unpaired) electrons. The highest BCUT2D eigenvalue weighted by molar-refractivity contribution is 7.18. The number of phenolic OH excluding ortho intramolecular Hbond substituents is 2. The lowest BCUT2D eigenvalue weighted by molar-refractivity contribution is 0.450. The van der Waals surface area contributed by atoms with Crippen LogP contribution in [0.15, 0.2) is 29.6 Å². The third-order valence-electron chi connectivity index (χ3n) is 3.67. The molecule has 0 saturated heterocycles.